The van der Waals surface area contributed by atoms with Crippen LogP contribution in [0.2, 0.25) is 0 Å². The molecule has 0 nitrogen and oxygen atoms in total. The number of hydrogen-bond donors (Lipinski definition) is 0. The van der Waals surface area contributed by atoms with Crippen LogP contribution in [0.25, 0.3) is 0 Å². The Kier molecular flexibility index (Phi) is 8.00. The van der Waals surface area contributed by atoms with Crippen molar-refractivity contribution in [3.63, 3.8) is 0 Å². The van der Waals surface area contributed by atoms with Gasteiger partial charge in [-0.1, -0.05) is 110 Å². The van der Waals surface area contributed by atoms with Gasteiger partial charge in [-0.05, 0) is 42.4 Å². The molecule has 0 aromatic heterocycles. The predicted molar refractivity (Wildman–Crippen MR) is 106 cm³/mol. The Balaban J connectivity index is 1.39. The fraction of sp³-hybridized carbons (Fsp3) is 1.00. The topological polar surface area (TPSA) is 0 Å². The Labute approximate surface area is 152 Å². The van der Waals surface area contributed by atoms with E-state index in [1.165, 1.54) is 44.9 Å². The van der Waals surface area contributed by atoms with Crippen molar-refractivity contribution in [2.45, 2.75) is 122 Å². The van der Waals surface area contributed by atoms with Crippen molar-refractivity contribution in [2.75, 3.05) is 0 Å². The fourth-order valence-corrected chi connectivity index (χ4v) is 6.27. The molecule has 3 fully saturated rings. The average Bonchev–Trinajstić information content (AvgIpc) is 3.03. The van der Waals surface area contributed by atoms with Crippen molar-refractivity contribution in [3.8, 4) is 0 Å². The zero-order chi connectivity index (χ0) is 16.6. The van der Waals surface area contributed by atoms with Crippen LogP contribution >= 0.6 is 0 Å². The molecule has 140 valence electrons. The molecule has 4 unspecified atom stereocenters. The van der Waals surface area contributed by atoms with E-state index in [1.54, 1.807) is 70.6 Å². The van der Waals surface area contributed by atoms with Gasteiger partial charge in [0.1, 0.15) is 0 Å². The average molecular weight is 333 g/mol. The van der Waals surface area contributed by atoms with Gasteiger partial charge in [0.2, 0.25) is 0 Å². The van der Waals surface area contributed by atoms with Crippen LogP contribution in [-0.2, 0) is 0 Å². The lowest BCUT2D eigenvalue weighted by Gasteiger charge is -2.23. The molecule has 0 amide bonds. The molecule has 3 rings (SSSR count). The summed E-state index contributed by atoms with van der Waals surface area (Å²) in [5.41, 5.74) is 0. The van der Waals surface area contributed by atoms with Crippen LogP contribution in [0.15, 0.2) is 0 Å². The Hall–Kier alpha value is 0. The van der Waals surface area contributed by atoms with E-state index in [9.17, 15) is 0 Å². The largest absolute Gasteiger partial charge is 0.0625 e. The van der Waals surface area contributed by atoms with Crippen LogP contribution in [0, 0.1) is 29.6 Å². The molecule has 0 spiro atoms. The minimum atomic E-state index is 1.01. The predicted octanol–water partition coefficient (Wildman–Crippen LogP) is 8.15. The van der Waals surface area contributed by atoms with E-state index < -0.39 is 0 Å². The van der Waals surface area contributed by atoms with Crippen molar-refractivity contribution in [2.24, 2.45) is 29.6 Å². The summed E-state index contributed by atoms with van der Waals surface area (Å²) in [4.78, 5) is 0. The highest BCUT2D eigenvalue weighted by molar-refractivity contribution is 4.77. The van der Waals surface area contributed by atoms with Crippen molar-refractivity contribution >= 4 is 0 Å². The molecule has 0 N–H and O–H groups in total. The lowest BCUT2D eigenvalue weighted by molar-refractivity contribution is 0.293. The molecule has 0 aliphatic heterocycles. The smallest absolute Gasteiger partial charge is 0.0412 e. The summed E-state index contributed by atoms with van der Waals surface area (Å²) >= 11 is 0. The maximum absolute atomic E-state index is 2.48. The van der Waals surface area contributed by atoms with Gasteiger partial charge in [-0.15, -0.1) is 0 Å². The van der Waals surface area contributed by atoms with Crippen LogP contribution in [0.4, 0.5) is 0 Å². The fourth-order valence-electron chi connectivity index (χ4n) is 6.27. The molecule has 0 aromatic rings. The first-order chi connectivity index (χ1) is 11.8. The first kappa shape index (κ1) is 18.8. The highest BCUT2D eigenvalue weighted by Gasteiger charge is 2.25. The van der Waals surface area contributed by atoms with Gasteiger partial charge in [-0.3, -0.25) is 0 Å². The molecule has 3 aliphatic rings. The van der Waals surface area contributed by atoms with Crippen LogP contribution in [0.5, 0.6) is 0 Å². The van der Waals surface area contributed by atoms with Gasteiger partial charge in [-0.2, -0.15) is 0 Å². The molecule has 0 saturated heterocycles. The maximum atomic E-state index is 2.48. The van der Waals surface area contributed by atoms with E-state index >= 15 is 0 Å². The summed E-state index contributed by atoms with van der Waals surface area (Å²) in [5, 5.41) is 0. The van der Waals surface area contributed by atoms with E-state index in [-0.39, 0.29) is 0 Å². The second-order valence-corrected chi connectivity index (χ2v) is 10.0. The summed E-state index contributed by atoms with van der Waals surface area (Å²) in [6.07, 6.45) is 27.8. The molecule has 24 heavy (non-hydrogen) atoms. The van der Waals surface area contributed by atoms with Gasteiger partial charge in [-0.25, -0.2) is 0 Å². The second-order valence-electron chi connectivity index (χ2n) is 10.0. The summed E-state index contributed by atoms with van der Waals surface area (Å²) in [7, 11) is 0. The number of rotatable bonds is 4. The normalized spacial score (nSPS) is 37.4. The Bertz CT molecular complexity index is 325. The molecule has 0 radical (unpaired) electrons. The molecule has 0 bridgehead atoms. The summed E-state index contributed by atoms with van der Waals surface area (Å²) in [6.45, 7) is 2.48. The highest BCUT2D eigenvalue weighted by atomic mass is 14.3. The van der Waals surface area contributed by atoms with Crippen LogP contribution in [0.1, 0.15) is 122 Å². The van der Waals surface area contributed by atoms with Crippen LogP contribution < -0.4 is 0 Å². The monoisotopic (exact) mass is 332 g/mol. The van der Waals surface area contributed by atoms with E-state index in [2.05, 4.69) is 6.92 Å². The summed E-state index contributed by atoms with van der Waals surface area (Å²) in [5.74, 6) is 5.36. The molecule has 3 saturated carbocycles. The lowest BCUT2D eigenvalue weighted by atomic mass is 9.83. The zero-order valence-corrected chi connectivity index (χ0v) is 16.6. The Morgan fingerprint density at radius 2 is 0.833 bits per heavy atom. The van der Waals surface area contributed by atoms with Gasteiger partial charge < -0.3 is 0 Å². The SMILES string of the molecule is CC1CCCC(CC2CCCC(CC3CCCCCC3)CC2)CC1. The Morgan fingerprint density at radius 3 is 1.42 bits per heavy atom. The minimum Gasteiger partial charge on any atom is -0.0625 e. The van der Waals surface area contributed by atoms with Crippen LogP contribution in [0.3, 0.4) is 0 Å². The molecule has 3 aliphatic carbocycles. The van der Waals surface area contributed by atoms with E-state index in [0.29, 0.717) is 0 Å². The minimum absolute atomic E-state index is 1.01. The van der Waals surface area contributed by atoms with Crippen LogP contribution in [-0.4, -0.2) is 0 Å². The van der Waals surface area contributed by atoms with E-state index in [0.717, 1.165) is 29.6 Å². The highest BCUT2D eigenvalue weighted by Crippen LogP contribution is 2.39. The van der Waals surface area contributed by atoms with Crippen molar-refractivity contribution in [1.82, 2.24) is 0 Å². The summed E-state index contributed by atoms with van der Waals surface area (Å²) < 4.78 is 0. The Morgan fingerprint density at radius 1 is 0.417 bits per heavy atom. The standard InChI is InChI=1S/C24H44/c1-20-8-6-11-22(15-14-20)19-24-13-7-12-23(16-17-24)18-21-9-4-2-3-5-10-21/h20-24H,2-19H2,1H3. The van der Waals surface area contributed by atoms with Gasteiger partial charge in [0.05, 0.1) is 0 Å². The van der Waals surface area contributed by atoms with E-state index in [4.69, 9.17) is 0 Å². The van der Waals surface area contributed by atoms with Gasteiger partial charge in [0.25, 0.3) is 0 Å². The third-order valence-corrected chi connectivity index (χ3v) is 7.89. The van der Waals surface area contributed by atoms with Gasteiger partial charge >= 0.3 is 0 Å². The zero-order valence-electron chi connectivity index (χ0n) is 16.6. The first-order valence-corrected chi connectivity index (χ1v) is 11.8. The van der Waals surface area contributed by atoms with E-state index in [1.807, 2.05) is 0 Å². The second kappa shape index (κ2) is 10.2. The third kappa shape index (κ3) is 6.38. The molecule has 0 heterocycles. The van der Waals surface area contributed by atoms with Crippen molar-refractivity contribution in [3.05, 3.63) is 0 Å². The molecule has 0 aromatic carbocycles. The molecular formula is C24H44. The molecular weight excluding hydrogens is 288 g/mol. The third-order valence-electron chi connectivity index (χ3n) is 7.89. The lowest BCUT2D eigenvalue weighted by Crippen LogP contribution is -2.10. The van der Waals surface area contributed by atoms with Gasteiger partial charge in [0.15, 0.2) is 0 Å². The quantitative estimate of drug-likeness (QED) is 0.455. The van der Waals surface area contributed by atoms with Crippen molar-refractivity contribution < 1.29 is 0 Å². The first-order valence-electron chi connectivity index (χ1n) is 11.8. The maximum Gasteiger partial charge on any atom is -0.0412 e. The van der Waals surface area contributed by atoms with Crippen molar-refractivity contribution in [1.29, 1.82) is 0 Å². The summed E-state index contributed by atoms with van der Waals surface area (Å²) in [6, 6.07) is 0. The molecule has 4 atom stereocenters. The van der Waals surface area contributed by atoms with Gasteiger partial charge in [0, 0.05) is 0 Å². The molecule has 0 heteroatoms. The number of hydrogen-bond acceptors (Lipinski definition) is 0.